The Labute approximate surface area is 221 Å². The number of carbonyl (C=O) groups is 3. The number of ether oxygens (including phenoxy) is 1. The van der Waals surface area contributed by atoms with Crippen LogP contribution in [0.2, 0.25) is 0 Å². The zero-order valence-electron chi connectivity index (χ0n) is 20.2. The zero-order chi connectivity index (χ0) is 26.6. The fourth-order valence-corrected chi connectivity index (χ4v) is 5.97. The molecule has 0 spiro atoms. The Bertz CT molecular complexity index is 1360. The molecule has 2 aliphatic heterocycles. The first-order valence-corrected chi connectivity index (χ1v) is 13.3. The van der Waals surface area contributed by atoms with E-state index >= 15 is 0 Å². The van der Waals surface area contributed by atoms with Crippen LogP contribution in [-0.4, -0.2) is 55.7 Å². The number of nitrogens with zero attached hydrogens (tertiary/aromatic N) is 1. The minimum Gasteiger partial charge on any atom is -0.509 e. The Hall–Kier alpha value is -4.44. The van der Waals surface area contributed by atoms with Crippen molar-refractivity contribution < 1.29 is 28.4 Å². The molecule has 0 saturated carbocycles. The molecule has 9 nitrogen and oxygen atoms in total. The maximum Gasteiger partial charge on any atom is 0.359 e. The first-order chi connectivity index (χ1) is 18.4. The van der Waals surface area contributed by atoms with Gasteiger partial charge in [0.1, 0.15) is 17.2 Å². The summed E-state index contributed by atoms with van der Waals surface area (Å²) >= 11 is 0. The highest BCUT2D eigenvalue weighted by atomic mass is 32.2. The summed E-state index contributed by atoms with van der Waals surface area (Å²) in [4.78, 5) is 39.9. The molecule has 5 rings (SSSR count). The third-order valence-corrected chi connectivity index (χ3v) is 7.85. The molecule has 38 heavy (non-hydrogen) atoms. The molecule has 3 aromatic carbocycles. The predicted octanol–water partition coefficient (Wildman–Crippen LogP) is 2.62. The first-order valence-electron chi connectivity index (χ1n) is 12.0. The molecular weight excluding hydrogens is 506 g/mol. The molecule has 2 heterocycles. The van der Waals surface area contributed by atoms with E-state index in [2.05, 4.69) is 10.6 Å². The van der Waals surface area contributed by atoms with Gasteiger partial charge in [0, 0.05) is 5.69 Å². The van der Waals surface area contributed by atoms with Crippen molar-refractivity contribution in [3.8, 4) is 0 Å². The minimum atomic E-state index is -1.73. The maximum atomic E-state index is 13.4. The van der Waals surface area contributed by atoms with Crippen molar-refractivity contribution in [2.45, 2.75) is 17.5 Å². The SMILES string of the molecule is O=C(CNc1ccccc1)NC1C(=O)N2C(C(=O)OC(c3ccccc3)c3ccccc3)=C(O)CS(=O)[C@@H]12. The van der Waals surface area contributed by atoms with Crippen LogP contribution in [0.4, 0.5) is 5.69 Å². The van der Waals surface area contributed by atoms with Gasteiger partial charge in [-0.05, 0) is 23.3 Å². The molecule has 1 fully saturated rings. The molecule has 3 N–H and O–H groups in total. The van der Waals surface area contributed by atoms with Crippen LogP contribution in [0.15, 0.2) is 102 Å². The molecule has 2 unspecified atom stereocenters. The quantitative estimate of drug-likeness (QED) is 0.301. The van der Waals surface area contributed by atoms with Gasteiger partial charge in [-0.2, -0.15) is 0 Å². The highest BCUT2D eigenvalue weighted by molar-refractivity contribution is 7.86. The van der Waals surface area contributed by atoms with Crippen molar-refractivity contribution in [1.82, 2.24) is 10.2 Å². The summed E-state index contributed by atoms with van der Waals surface area (Å²) in [7, 11) is -1.73. The van der Waals surface area contributed by atoms with Gasteiger partial charge in [0.05, 0.1) is 23.1 Å². The molecule has 1 saturated heterocycles. The fraction of sp³-hybridized carbons (Fsp3) is 0.179. The number of hydrogen-bond acceptors (Lipinski definition) is 7. The summed E-state index contributed by atoms with van der Waals surface area (Å²) in [6, 6.07) is 26.1. The number of rotatable bonds is 8. The van der Waals surface area contributed by atoms with E-state index in [-0.39, 0.29) is 18.0 Å². The van der Waals surface area contributed by atoms with E-state index in [1.165, 1.54) is 0 Å². The fourth-order valence-electron chi connectivity index (χ4n) is 4.46. The van der Waals surface area contributed by atoms with E-state index in [0.29, 0.717) is 11.1 Å². The van der Waals surface area contributed by atoms with Crippen molar-refractivity contribution in [3.05, 3.63) is 114 Å². The average Bonchev–Trinajstić information content (AvgIpc) is 2.94. The third kappa shape index (κ3) is 5.03. The normalized spacial score (nSPS) is 20.4. The van der Waals surface area contributed by atoms with Crippen LogP contribution >= 0.6 is 0 Å². The second-order valence-electron chi connectivity index (χ2n) is 8.79. The summed E-state index contributed by atoms with van der Waals surface area (Å²) in [6.07, 6.45) is -0.799. The molecule has 3 atom stereocenters. The number of carbonyl (C=O) groups excluding carboxylic acids is 3. The zero-order valence-corrected chi connectivity index (χ0v) is 21.0. The van der Waals surface area contributed by atoms with E-state index in [0.717, 1.165) is 10.6 Å². The summed E-state index contributed by atoms with van der Waals surface area (Å²) in [6.45, 7) is -0.0982. The van der Waals surface area contributed by atoms with Crippen LogP contribution in [0.5, 0.6) is 0 Å². The van der Waals surface area contributed by atoms with Crippen molar-refractivity contribution in [3.63, 3.8) is 0 Å². The number of amides is 2. The number of aliphatic hydroxyl groups excluding tert-OH is 1. The van der Waals surface area contributed by atoms with E-state index < -0.39 is 51.9 Å². The summed E-state index contributed by atoms with van der Waals surface area (Å²) in [5, 5.41) is 15.1. The lowest BCUT2D eigenvalue weighted by molar-refractivity contribution is -0.155. The van der Waals surface area contributed by atoms with Crippen molar-refractivity contribution in [2.75, 3.05) is 17.6 Å². The van der Waals surface area contributed by atoms with Gasteiger partial charge in [-0.1, -0.05) is 78.9 Å². The smallest absolute Gasteiger partial charge is 0.359 e. The van der Waals surface area contributed by atoms with Crippen LogP contribution in [0.25, 0.3) is 0 Å². The molecule has 2 amide bonds. The molecule has 0 aliphatic carbocycles. The van der Waals surface area contributed by atoms with Crippen molar-refractivity contribution >= 4 is 34.3 Å². The highest BCUT2D eigenvalue weighted by Gasteiger charge is 2.57. The number of β-lactam (4-membered cyclic amide) rings is 1. The molecule has 0 bridgehead atoms. The lowest BCUT2D eigenvalue weighted by Gasteiger charge is -2.48. The van der Waals surface area contributed by atoms with E-state index in [1.54, 1.807) is 12.1 Å². The van der Waals surface area contributed by atoms with Gasteiger partial charge in [-0.3, -0.25) is 18.7 Å². The highest BCUT2D eigenvalue weighted by Crippen LogP contribution is 2.36. The van der Waals surface area contributed by atoms with Crippen molar-refractivity contribution in [2.24, 2.45) is 0 Å². The van der Waals surface area contributed by atoms with Gasteiger partial charge in [0.15, 0.2) is 11.8 Å². The Morgan fingerprint density at radius 1 is 0.947 bits per heavy atom. The average molecular weight is 532 g/mol. The lowest BCUT2D eigenvalue weighted by Crippen LogP contribution is -2.74. The van der Waals surface area contributed by atoms with E-state index in [9.17, 15) is 23.7 Å². The van der Waals surface area contributed by atoms with E-state index in [1.807, 2.05) is 78.9 Å². The molecule has 194 valence electrons. The Morgan fingerprint density at radius 2 is 1.50 bits per heavy atom. The second kappa shape index (κ2) is 10.9. The van der Waals surface area contributed by atoms with Gasteiger partial charge in [-0.25, -0.2) is 4.79 Å². The second-order valence-corrected chi connectivity index (χ2v) is 10.3. The monoisotopic (exact) mass is 531 g/mol. The molecule has 3 aromatic rings. The first kappa shape index (κ1) is 25.2. The summed E-state index contributed by atoms with van der Waals surface area (Å²) in [5.74, 6) is -2.88. The number of anilines is 1. The number of aliphatic hydroxyl groups is 1. The largest absolute Gasteiger partial charge is 0.509 e. The van der Waals surface area contributed by atoms with Crippen molar-refractivity contribution in [1.29, 1.82) is 0 Å². The molecule has 0 radical (unpaired) electrons. The van der Waals surface area contributed by atoms with Gasteiger partial charge >= 0.3 is 5.97 Å². The van der Waals surface area contributed by atoms with Crippen LogP contribution in [0.3, 0.4) is 0 Å². The minimum absolute atomic E-state index is 0.0982. The van der Waals surface area contributed by atoms with Gasteiger partial charge in [0.25, 0.3) is 5.91 Å². The van der Waals surface area contributed by atoms with Gasteiger partial charge in [-0.15, -0.1) is 0 Å². The van der Waals surface area contributed by atoms with Crippen LogP contribution in [-0.2, 0) is 29.9 Å². The Balaban J connectivity index is 1.32. The third-order valence-electron chi connectivity index (χ3n) is 6.27. The number of hydrogen-bond donors (Lipinski definition) is 3. The predicted molar refractivity (Wildman–Crippen MR) is 141 cm³/mol. The van der Waals surface area contributed by atoms with Gasteiger partial charge < -0.3 is 20.5 Å². The number of benzene rings is 3. The molecule has 10 heteroatoms. The molecule has 0 aromatic heterocycles. The maximum absolute atomic E-state index is 13.4. The molecular formula is C28H25N3O6S. The topological polar surface area (TPSA) is 125 Å². The summed E-state index contributed by atoms with van der Waals surface area (Å²) in [5.41, 5.74) is 1.78. The van der Waals surface area contributed by atoms with Crippen LogP contribution in [0, 0.1) is 0 Å². The van der Waals surface area contributed by atoms with Gasteiger partial charge in [0.2, 0.25) is 5.91 Å². The van der Waals surface area contributed by atoms with E-state index in [4.69, 9.17) is 4.74 Å². The number of esters is 1. The van der Waals surface area contributed by atoms with Crippen LogP contribution < -0.4 is 10.6 Å². The van der Waals surface area contributed by atoms with Crippen LogP contribution in [0.1, 0.15) is 17.2 Å². The number of para-hydroxylation sites is 1. The number of fused-ring (bicyclic) bond motifs is 1. The molecule has 2 aliphatic rings. The lowest BCUT2D eigenvalue weighted by atomic mass is 10.0. The Kier molecular flexibility index (Phi) is 7.23. The Morgan fingerprint density at radius 3 is 2.08 bits per heavy atom. The number of nitrogens with one attached hydrogen (secondary N) is 2. The summed E-state index contributed by atoms with van der Waals surface area (Å²) < 4.78 is 18.6. The standard InChI is InChI=1S/C28H25N3O6S/c32-21-17-38(36)27-23(30-22(33)16-29-20-14-8-3-9-15-20)26(34)31(27)24(21)28(35)37-25(18-10-4-1-5-11-18)19-12-6-2-7-13-19/h1-15,23,25,27,29,32H,16-17H2,(H,30,33)/t23?,27-,38?/m0/s1.